The molecular weight excluding hydrogens is 217 g/mol. The molecule has 1 nitrogen and oxygen atoms in total. The Hall–Kier alpha value is -1.17. The van der Waals surface area contributed by atoms with E-state index in [1.54, 1.807) is 0 Å². The van der Waals surface area contributed by atoms with Gasteiger partial charge in [-0.1, -0.05) is 0 Å². The molecule has 2 N–H and O–H groups in total. The molecule has 0 aliphatic rings. The van der Waals surface area contributed by atoms with Crippen LogP contribution in [0.2, 0.25) is 0 Å². The normalized spacial score (nSPS) is 14.0. The minimum Gasteiger partial charge on any atom is -0.324 e. The largest absolute Gasteiger partial charge is 0.390 e. The third kappa shape index (κ3) is 3.47. The Kier molecular flexibility index (Phi) is 3.28. The van der Waals surface area contributed by atoms with Gasteiger partial charge in [0.25, 0.3) is 0 Å². The highest BCUT2D eigenvalue weighted by Crippen LogP contribution is 2.29. The van der Waals surface area contributed by atoms with Crippen LogP contribution in [0.3, 0.4) is 0 Å². The van der Waals surface area contributed by atoms with Crippen LogP contribution in [-0.4, -0.2) is 6.18 Å². The van der Waals surface area contributed by atoms with E-state index < -0.39 is 35.8 Å². The van der Waals surface area contributed by atoms with Crippen LogP contribution in [0.5, 0.6) is 0 Å². The molecule has 0 fully saturated rings. The fourth-order valence-corrected chi connectivity index (χ4v) is 1.16. The van der Waals surface area contributed by atoms with E-state index >= 15 is 0 Å². The number of hydrogen-bond acceptors (Lipinski definition) is 1. The SMILES string of the molecule is N[C@H](CC(F)(F)F)c1cc(F)ccc1F. The van der Waals surface area contributed by atoms with E-state index in [4.69, 9.17) is 5.73 Å². The topological polar surface area (TPSA) is 26.0 Å². The summed E-state index contributed by atoms with van der Waals surface area (Å²) < 4.78 is 61.4. The quantitative estimate of drug-likeness (QED) is 0.769. The van der Waals surface area contributed by atoms with Gasteiger partial charge < -0.3 is 5.73 Å². The van der Waals surface area contributed by atoms with Gasteiger partial charge in [-0.15, -0.1) is 0 Å². The van der Waals surface area contributed by atoms with E-state index in [0.717, 1.165) is 12.1 Å². The number of halogens is 5. The molecule has 0 aliphatic heterocycles. The summed E-state index contributed by atoms with van der Waals surface area (Å²) in [6.45, 7) is 0. The number of alkyl halides is 3. The highest BCUT2D eigenvalue weighted by Gasteiger charge is 2.31. The second kappa shape index (κ2) is 4.14. The molecule has 0 aliphatic carbocycles. The predicted molar refractivity (Wildman–Crippen MR) is 44.0 cm³/mol. The van der Waals surface area contributed by atoms with Gasteiger partial charge in [-0.05, 0) is 18.2 Å². The zero-order valence-corrected chi connectivity index (χ0v) is 7.48. The summed E-state index contributed by atoms with van der Waals surface area (Å²) in [6, 6.07) is 0.659. The second-order valence-electron chi connectivity index (χ2n) is 3.09. The lowest BCUT2D eigenvalue weighted by Gasteiger charge is -2.14. The molecule has 0 unspecified atom stereocenters. The maximum absolute atomic E-state index is 13.0. The van der Waals surface area contributed by atoms with Crippen LogP contribution in [0.1, 0.15) is 18.0 Å². The van der Waals surface area contributed by atoms with Crippen LogP contribution in [0.15, 0.2) is 18.2 Å². The number of benzene rings is 1. The highest BCUT2D eigenvalue weighted by atomic mass is 19.4. The van der Waals surface area contributed by atoms with Crippen LogP contribution in [0.4, 0.5) is 22.0 Å². The Morgan fingerprint density at radius 1 is 1.20 bits per heavy atom. The maximum atomic E-state index is 13.0. The zero-order valence-electron chi connectivity index (χ0n) is 7.48. The Balaban J connectivity index is 2.90. The van der Waals surface area contributed by atoms with Gasteiger partial charge in [0.05, 0.1) is 6.42 Å². The molecule has 0 saturated carbocycles. The van der Waals surface area contributed by atoms with Gasteiger partial charge in [-0.25, -0.2) is 8.78 Å². The molecule has 1 aromatic rings. The molecule has 15 heavy (non-hydrogen) atoms. The van der Waals surface area contributed by atoms with E-state index in [9.17, 15) is 22.0 Å². The Morgan fingerprint density at radius 3 is 2.33 bits per heavy atom. The van der Waals surface area contributed by atoms with Gasteiger partial charge in [0.1, 0.15) is 11.6 Å². The Labute approximate surface area is 82.7 Å². The van der Waals surface area contributed by atoms with E-state index in [2.05, 4.69) is 0 Å². The summed E-state index contributed by atoms with van der Waals surface area (Å²) in [5, 5.41) is 0. The first-order chi connectivity index (χ1) is 6.79. The van der Waals surface area contributed by atoms with Crippen LogP contribution in [0.25, 0.3) is 0 Å². The Bertz CT molecular complexity index is 347. The van der Waals surface area contributed by atoms with Gasteiger partial charge in [0.2, 0.25) is 0 Å². The maximum Gasteiger partial charge on any atom is 0.390 e. The molecule has 1 rings (SSSR count). The minimum atomic E-state index is -4.50. The number of rotatable bonds is 2. The van der Waals surface area contributed by atoms with Crippen molar-refractivity contribution in [2.75, 3.05) is 0 Å². The summed E-state index contributed by atoms with van der Waals surface area (Å²) in [5.41, 5.74) is 4.66. The van der Waals surface area contributed by atoms with Gasteiger partial charge in [-0.3, -0.25) is 0 Å². The first-order valence-corrected chi connectivity index (χ1v) is 4.07. The van der Waals surface area contributed by atoms with Crippen molar-refractivity contribution < 1.29 is 22.0 Å². The minimum absolute atomic E-state index is 0.465. The summed E-state index contributed by atoms with van der Waals surface area (Å²) in [7, 11) is 0. The third-order valence-corrected chi connectivity index (χ3v) is 1.81. The molecule has 0 spiro atoms. The molecule has 6 heteroatoms. The smallest absolute Gasteiger partial charge is 0.324 e. The van der Waals surface area contributed by atoms with Crippen LogP contribution < -0.4 is 5.73 Å². The predicted octanol–water partition coefficient (Wildman–Crippen LogP) is 2.92. The third-order valence-electron chi connectivity index (χ3n) is 1.81. The van der Waals surface area contributed by atoms with Gasteiger partial charge >= 0.3 is 6.18 Å². The summed E-state index contributed by atoms with van der Waals surface area (Å²) >= 11 is 0. The van der Waals surface area contributed by atoms with E-state index in [1.807, 2.05) is 0 Å². The van der Waals surface area contributed by atoms with E-state index in [0.29, 0.717) is 6.07 Å². The molecule has 1 aromatic carbocycles. The van der Waals surface area contributed by atoms with Crippen molar-refractivity contribution in [1.82, 2.24) is 0 Å². The lowest BCUT2D eigenvalue weighted by molar-refractivity contribution is -0.138. The monoisotopic (exact) mass is 225 g/mol. The van der Waals surface area contributed by atoms with Crippen molar-refractivity contribution >= 4 is 0 Å². The molecule has 0 bridgehead atoms. The lowest BCUT2D eigenvalue weighted by atomic mass is 10.0. The molecule has 0 amide bonds. The van der Waals surface area contributed by atoms with Gasteiger partial charge in [0.15, 0.2) is 0 Å². The number of hydrogen-bond donors (Lipinski definition) is 1. The lowest BCUT2D eigenvalue weighted by Crippen LogP contribution is -2.21. The molecule has 1 atom stereocenters. The second-order valence-corrected chi connectivity index (χ2v) is 3.09. The van der Waals surface area contributed by atoms with Crippen molar-refractivity contribution in [3.05, 3.63) is 35.4 Å². The van der Waals surface area contributed by atoms with Crippen molar-refractivity contribution in [3.8, 4) is 0 Å². The van der Waals surface area contributed by atoms with Crippen LogP contribution in [-0.2, 0) is 0 Å². The fourth-order valence-electron chi connectivity index (χ4n) is 1.16. The highest BCUT2D eigenvalue weighted by molar-refractivity contribution is 5.22. The standard InChI is InChI=1S/C9H8F5N/c10-5-1-2-7(11)6(3-5)8(15)4-9(12,13)14/h1-3,8H,4,15H2/t8-/m1/s1. The Morgan fingerprint density at radius 2 is 1.80 bits per heavy atom. The molecule has 0 aromatic heterocycles. The zero-order chi connectivity index (χ0) is 11.6. The molecular formula is C9H8F5N. The molecule has 84 valence electrons. The van der Waals surface area contributed by atoms with E-state index in [-0.39, 0.29) is 0 Å². The van der Waals surface area contributed by atoms with Gasteiger partial charge in [0, 0.05) is 11.6 Å². The summed E-state index contributed by atoms with van der Waals surface area (Å²) in [5.74, 6) is -1.75. The van der Waals surface area contributed by atoms with Gasteiger partial charge in [-0.2, -0.15) is 13.2 Å². The van der Waals surface area contributed by atoms with Crippen LogP contribution in [0, 0.1) is 11.6 Å². The molecule has 0 radical (unpaired) electrons. The average Bonchev–Trinajstić information content (AvgIpc) is 2.06. The summed E-state index contributed by atoms with van der Waals surface area (Å²) in [4.78, 5) is 0. The number of nitrogens with two attached hydrogens (primary N) is 1. The van der Waals surface area contributed by atoms with E-state index in [1.165, 1.54) is 0 Å². The van der Waals surface area contributed by atoms with Crippen molar-refractivity contribution in [2.45, 2.75) is 18.6 Å². The van der Waals surface area contributed by atoms with Crippen molar-refractivity contribution in [3.63, 3.8) is 0 Å². The van der Waals surface area contributed by atoms with Crippen molar-refractivity contribution in [2.24, 2.45) is 5.73 Å². The molecule has 0 saturated heterocycles. The first-order valence-electron chi connectivity index (χ1n) is 4.07. The molecule has 0 heterocycles. The first kappa shape index (κ1) is 11.9. The average molecular weight is 225 g/mol. The fraction of sp³-hybridized carbons (Fsp3) is 0.333. The van der Waals surface area contributed by atoms with Crippen LogP contribution >= 0.6 is 0 Å². The van der Waals surface area contributed by atoms with Crippen molar-refractivity contribution in [1.29, 1.82) is 0 Å². The summed E-state index contributed by atoms with van der Waals surface area (Å²) in [6.07, 6.45) is -5.88.